The molecule has 3 aromatic carbocycles. The lowest BCUT2D eigenvalue weighted by atomic mass is 9.94. The molecule has 0 aliphatic carbocycles. The Morgan fingerprint density at radius 3 is 2.35 bits per heavy atom. The van der Waals surface area contributed by atoms with Gasteiger partial charge >= 0.3 is 0 Å². The Labute approximate surface area is 153 Å². The van der Waals surface area contributed by atoms with Gasteiger partial charge in [-0.05, 0) is 39.9 Å². The molecule has 0 bridgehead atoms. The zero-order valence-electron chi connectivity index (χ0n) is 14.5. The Balaban J connectivity index is 1.72. The molecule has 0 saturated heterocycles. The topological polar surface area (TPSA) is 61.9 Å². The van der Waals surface area contributed by atoms with E-state index in [1.165, 1.54) is 16.7 Å². The monoisotopic (exact) mass is 343 g/mol. The highest BCUT2D eigenvalue weighted by Gasteiger charge is 2.24. The average molecular weight is 343 g/mol. The van der Waals surface area contributed by atoms with E-state index < -0.39 is 0 Å². The zero-order chi connectivity index (χ0) is 17.9. The largest absolute Gasteiger partial charge is 0.409 e. The van der Waals surface area contributed by atoms with Crippen LogP contribution in [0.1, 0.15) is 22.3 Å². The standard InChI is InChI=1S/C22H21N3O/c23-22(24-26)18-11-19-14-25(13-16-7-3-1-4-8-16)15-21(19)20(12-18)17-9-5-2-6-10-17/h1-12,26H,13-15H2,(H2,23,24). The minimum absolute atomic E-state index is 0.145. The normalized spacial score (nSPS) is 14.4. The van der Waals surface area contributed by atoms with Crippen LogP contribution in [-0.2, 0) is 19.6 Å². The second kappa shape index (κ2) is 7.02. The summed E-state index contributed by atoms with van der Waals surface area (Å²) in [5.41, 5.74) is 12.8. The van der Waals surface area contributed by atoms with E-state index in [0.29, 0.717) is 0 Å². The third kappa shape index (κ3) is 3.19. The maximum atomic E-state index is 9.10. The first-order valence-electron chi connectivity index (χ1n) is 8.70. The first-order chi connectivity index (χ1) is 12.7. The molecule has 0 atom stereocenters. The van der Waals surface area contributed by atoms with Crippen LogP contribution in [0.2, 0.25) is 0 Å². The number of hydrogen-bond donors (Lipinski definition) is 2. The highest BCUT2D eigenvalue weighted by atomic mass is 16.4. The molecule has 1 aliphatic heterocycles. The summed E-state index contributed by atoms with van der Waals surface area (Å²) >= 11 is 0. The summed E-state index contributed by atoms with van der Waals surface area (Å²) in [4.78, 5) is 2.42. The van der Waals surface area contributed by atoms with Crippen LogP contribution < -0.4 is 5.73 Å². The number of hydrogen-bond acceptors (Lipinski definition) is 3. The quantitative estimate of drug-likeness (QED) is 0.326. The van der Waals surface area contributed by atoms with E-state index in [2.05, 4.69) is 46.5 Å². The van der Waals surface area contributed by atoms with Gasteiger partial charge in [0.2, 0.25) is 0 Å². The van der Waals surface area contributed by atoms with Crippen molar-refractivity contribution in [2.24, 2.45) is 10.9 Å². The molecule has 0 spiro atoms. The van der Waals surface area contributed by atoms with Gasteiger partial charge < -0.3 is 10.9 Å². The molecule has 1 aliphatic rings. The molecule has 130 valence electrons. The minimum Gasteiger partial charge on any atom is -0.409 e. The van der Waals surface area contributed by atoms with Gasteiger partial charge in [-0.1, -0.05) is 65.8 Å². The van der Waals surface area contributed by atoms with Crippen LogP contribution in [-0.4, -0.2) is 15.9 Å². The lowest BCUT2D eigenvalue weighted by Crippen LogP contribution is -2.15. The van der Waals surface area contributed by atoms with Gasteiger partial charge in [0.15, 0.2) is 5.84 Å². The highest BCUT2D eigenvalue weighted by molar-refractivity contribution is 5.98. The molecular formula is C22H21N3O. The Hall–Kier alpha value is -3.11. The first-order valence-corrected chi connectivity index (χ1v) is 8.70. The maximum Gasteiger partial charge on any atom is 0.170 e. The Kier molecular flexibility index (Phi) is 4.42. The summed E-state index contributed by atoms with van der Waals surface area (Å²) in [5, 5.41) is 12.3. The van der Waals surface area contributed by atoms with Crippen LogP contribution in [0.3, 0.4) is 0 Å². The van der Waals surface area contributed by atoms with Crippen molar-refractivity contribution in [3.8, 4) is 11.1 Å². The van der Waals surface area contributed by atoms with E-state index in [0.717, 1.165) is 36.3 Å². The number of nitrogens with two attached hydrogens (primary N) is 1. The molecule has 4 nitrogen and oxygen atoms in total. The summed E-state index contributed by atoms with van der Waals surface area (Å²) in [6.45, 7) is 2.66. The number of rotatable bonds is 4. The van der Waals surface area contributed by atoms with Crippen molar-refractivity contribution in [2.75, 3.05) is 0 Å². The van der Waals surface area contributed by atoms with Crippen LogP contribution in [0.15, 0.2) is 78.0 Å². The third-order valence-corrected chi connectivity index (χ3v) is 4.86. The van der Waals surface area contributed by atoms with Crippen molar-refractivity contribution in [1.29, 1.82) is 0 Å². The molecule has 0 saturated carbocycles. The van der Waals surface area contributed by atoms with E-state index in [4.69, 9.17) is 10.9 Å². The van der Waals surface area contributed by atoms with Crippen LogP contribution in [0.25, 0.3) is 11.1 Å². The van der Waals surface area contributed by atoms with E-state index in [9.17, 15) is 0 Å². The Bertz CT molecular complexity index is 936. The Morgan fingerprint density at radius 2 is 1.65 bits per heavy atom. The predicted molar refractivity (Wildman–Crippen MR) is 104 cm³/mol. The summed E-state index contributed by atoms with van der Waals surface area (Å²) in [5.74, 6) is 0.145. The molecule has 1 heterocycles. The molecule has 0 aromatic heterocycles. The molecule has 0 fully saturated rings. The number of oxime groups is 1. The van der Waals surface area contributed by atoms with Crippen LogP contribution in [0.5, 0.6) is 0 Å². The van der Waals surface area contributed by atoms with E-state index in [1.54, 1.807) is 0 Å². The number of fused-ring (bicyclic) bond motifs is 1. The van der Waals surface area contributed by atoms with Crippen LogP contribution in [0, 0.1) is 0 Å². The molecule has 0 unspecified atom stereocenters. The summed E-state index contributed by atoms with van der Waals surface area (Å²) in [6, 6.07) is 24.9. The number of benzene rings is 3. The molecule has 0 amide bonds. The summed E-state index contributed by atoms with van der Waals surface area (Å²) in [7, 11) is 0. The van der Waals surface area contributed by atoms with E-state index >= 15 is 0 Å². The van der Waals surface area contributed by atoms with Crippen molar-refractivity contribution >= 4 is 5.84 Å². The van der Waals surface area contributed by atoms with Crippen molar-refractivity contribution in [1.82, 2.24) is 4.90 Å². The molecular weight excluding hydrogens is 322 g/mol. The fourth-order valence-electron chi connectivity index (χ4n) is 3.61. The van der Waals surface area contributed by atoms with Gasteiger partial charge in [-0.25, -0.2) is 0 Å². The second-order valence-electron chi connectivity index (χ2n) is 6.64. The molecule has 4 heteroatoms. The highest BCUT2D eigenvalue weighted by Crippen LogP contribution is 2.34. The Morgan fingerprint density at radius 1 is 0.962 bits per heavy atom. The second-order valence-corrected chi connectivity index (χ2v) is 6.64. The van der Waals surface area contributed by atoms with Gasteiger partial charge in [0.05, 0.1) is 0 Å². The molecule has 0 radical (unpaired) electrons. The van der Waals surface area contributed by atoms with Gasteiger partial charge in [-0.3, -0.25) is 4.90 Å². The zero-order valence-corrected chi connectivity index (χ0v) is 14.5. The average Bonchev–Trinajstić information content (AvgIpc) is 3.10. The van der Waals surface area contributed by atoms with E-state index in [-0.39, 0.29) is 5.84 Å². The first kappa shape index (κ1) is 16.4. The fraction of sp³-hybridized carbons (Fsp3) is 0.136. The molecule has 26 heavy (non-hydrogen) atoms. The van der Waals surface area contributed by atoms with Gasteiger partial charge in [-0.2, -0.15) is 0 Å². The van der Waals surface area contributed by atoms with Crippen molar-refractivity contribution in [2.45, 2.75) is 19.6 Å². The van der Waals surface area contributed by atoms with Crippen LogP contribution >= 0.6 is 0 Å². The van der Waals surface area contributed by atoms with Gasteiger partial charge in [-0.15, -0.1) is 0 Å². The van der Waals surface area contributed by atoms with Crippen LogP contribution in [0.4, 0.5) is 0 Å². The molecule has 3 aromatic rings. The minimum atomic E-state index is 0.145. The number of nitrogens with zero attached hydrogens (tertiary/aromatic N) is 2. The maximum absolute atomic E-state index is 9.10. The van der Waals surface area contributed by atoms with Crippen molar-refractivity contribution in [3.63, 3.8) is 0 Å². The fourth-order valence-corrected chi connectivity index (χ4v) is 3.61. The van der Waals surface area contributed by atoms with Gasteiger partial charge in [0.1, 0.15) is 0 Å². The van der Waals surface area contributed by atoms with E-state index in [1.807, 2.05) is 36.4 Å². The lowest BCUT2D eigenvalue weighted by molar-refractivity contribution is 0.275. The molecule has 3 N–H and O–H groups in total. The summed E-state index contributed by atoms with van der Waals surface area (Å²) < 4.78 is 0. The lowest BCUT2D eigenvalue weighted by Gasteiger charge is -2.15. The third-order valence-electron chi connectivity index (χ3n) is 4.86. The smallest absolute Gasteiger partial charge is 0.170 e. The summed E-state index contributed by atoms with van der Waals surface area (Å²) in [6.07, 6.45) is 0. The SMILES string of the molecule is N/C(=N\O)c1cc2c(c(-c3ccccc3)c1)CN(Cc1ccccc1)C2. The molecule has 4 rings (SSSR count). The van der Waals surface area contributed by atoms with Gasteiger partial charge in [0.25, 0.3) is 0 Å². The number of amidine groups is 1. The van der Waals surface area contributed by atoms with Crippen molar-refractivity contribution in [3.05, 3.63) is 95.1 Å². The predicted octanol–water partition coefficient (Wildman–Crippen LogP) is 3.96. The van der Waals surface area contributed by atoms with Gasteiger partial charge in [0, 0.05) is 25.2 Å². The van der Waals surface area contributed by atoms with Crippen molar-refractivity contribution < 1.29 is 5.21 Å².